The number of piperidine rings is 1. The minimum absolute atomic E-state index is 0.142. The number of carbonyl (C=O) groups excluding carboxylic acids is 1. The number of carbonyl (C=O) groups is 1. The number of likely N-dealkylation sites (tertiary alicyclic amines) is 1. The van der Waals surface area contributed by atoms with E-state index >= 15 is 0 Å². The van der Waals surface area contributed by atoms with E-state index in [-0.39, 0.29) is 5.91 Å². The Balaban J connectivity index is 1.72. The van der Waals surface area contributed by atoms with Gasteiger partial charge in [-0.1, -0.05) is 13.0 Å². The first kappa shape index (κ1) is 17.6. The van der Waals surface area contributed by atoms with Crippen molar-refractivity contribution in [1.29, 1.82) is 0 Å². The predicted molar refractivity (Wildman–Crippen MR) is 98.6 cm³/mol. The third kappa shape index (κ3) is 3.91. The van der Waals surface area contributed by atoms with Crippen LogP contribution >= 0.6 is 0 Å². The third-order valence-corrected chi connectivity index (χ3v) is 5.06. The number of hydrogen-bond donors (Lipinski definition) is 0. The molecule has 0 aromatic carbocycles. The molecule has 0 aliphatic carbocycles. The number of hydrogen-bond acceptors (Lipinski definition) is 3. The summed E-state index contributed by atoms with van der Waals surface area (Å²) in [4.78, 5) is 19.6. The molecular formula is C20H28N4O. The lowest BCUT2D eigenvalue weighted by molar-refractivity contribution is 0.0671. The lowest BCUT2D eigenvalue weighted by atomic mass is 9.92. The lowest BCUT2D eigenvalue weighted by Gasteiger charge is -2.33. The summed E-state index contributed by atoms with van der Waals surface area (Å²) >= 11 is 0. The fraction of sp³-hybridized carbons (Fsp3) is 0.550. The highest BCUT2D eigenvalue weighted by atomic mass is 16.2. The molecule has 2 aromatic rings. The minimum Gasteiger partial charge on any atom is -0.338 e. The van der Waals surface area contributed by atoms with Crippen molar-refractivity contribution < 1.29 is 4.79 Å². The largest absolute Gasteiger partial charge is 0.338 e. The Labute approximate surface area is 150 Å². The van der Waals surface area contributed by atoms with E-state index in [1.807, 2.05) is 41.8 Å². The van der Waals surface area contributed by atoms with Crippen LogP contribution in [-0.2, 0) is 13.0 Å². The van der Waals surface area contributed by atoms with Gasteiger partial charge in [-0.25, -0.2) is 0 Å². The fourth-order valence-electron chi connectivity index (χ4n) is 3.82. The molecule has 134 valence electrons. The number of amides is 1. The fourth-order valence-corrected chi connectivity index (χ4v) is 3.82. The summed E-state index contributed by atoms with van der Waals surface area (Å²) in [6.07, 6.45) is 6.02. The summed E-state index contributed by atoms with van der Waals surface area (Å²) in [5.41, 5.74) is 3.76. The van der Waals surface area contributed by atoms with Crippen LogP contribution in [0, 0.1) is 19.8 Å². The summed E-state index contributed by atoms with van der Waals surface area (Å²) in [6, 6.07) is 6.05. The Morgan fingerprint density at radius 1 is 1.32 bits per heavy atom. The monoisotopic (exact) mass is 340 g/mol. The number of aryl methyl sites for hydroxylation is 2. The van der Waals surface area contributed by atoms with Gasteiger partial charge in [0.2, 0.25) is 0 Å². The molecule has 1 atom stereocenters. The molecule has 25 heavy (non-hydrogen) atoms. The van der Waals surface area contributed by atoms with Crippen molar-refractivity contribution in [2.24, 2.45) is 5.92 Å². The molecule has 5 nitrogen and oxygen atoms in total. The van der Waals surface area contributed by atoms with Gasteiger partial charge < -0.3 is 4.90 Å². The number of nitrogens with zero attached hydrogens (tertiary/aromatic N) is 4. The second-order valence-corrected chi connectivity index (χ2v) is 7.05. The lowest BCUT2D eigenvalue weighted by Crippen LogP contribution is -2.41. The maximum Gasteiger partial charge on any atom is 0.257 e. The molecule has 1 amide bonds. The van der Waals surface area contributed by atoms with Crippen molar-refractivity contribution in [2.45, 2.75) is 53.0 Å². The highest BCUT2D eigenvalue weighted by Crippen LogP contribution is 2.24. The normalized spacial score (nSPS) is 17.7. The molecule has 0 spiro atoms. The van der Waals surface area contributed by atoms with Crippen LogP contribution in [-0.4, -0.2) is 38.7 Å². The number of pyridine rings is 1. The molecule has 1 aliphatic rings. The molecular weight excluding hydrogens is 312 g/mol. The second kappa shape index (κ2) is 7.81. The summed E-state index contributed by atoms with van der Waals surface area (Å²) in [5, 5.41) is 4.56. The van der Waals surface area contributed by atoms with Gasteiger partial charge in [-0.05, 0) is 57.6 Å². The van der Waals surface area contributed by atoms with E-state index in [1.165, 1.54) is 0 Å². The number of aromatic nitrogens is 3. The first-order chi connectivity index (χ1) is 12.1. The molecule has 0 N–H and O–H groups in total. The van der Waals surface area contributed by atoms with Crippen molar-refractivity contribution in [2.75, 3.05) is 13.1 Å². The van der Waals surface area contributed by atoms with E-state index in [4.69, 9.17) is 0 Å². The highest BCUT2D eigenvalue weighted by molar-refractivity contribution is 5.96. The standard InChI is InChI=1S/C20H28N4O/c1-4-11-24-16(3)19(15(2)22-24)20(25)23-12-7-8-17(14-23)13-18-9-5-6-10-21-18/h5-6,9-10,17H,4,7-8,11-14H2,1-3H3/t17-/m1/s1. The summed E-state index contributed by atoms with van der Waals surface area (Å²) < 4.78 is 1.97. The Bertz CT molecular complexity index is 723. The van der Waals surface area contributed by atoms with E-state index < -0.39 is 0 Å². The second-order valence-electron chi connectivity index (χ2n) is 7.05. The molecule has 1 fully saturated rings. The zero-order valence-electron chi connectivity index (χ0n) is 15.5. The van der Waals surface area contributed by atoms with Gasteiger partial charge in [0.25, 0.3) is 5.91 Å². The smallest absolute Gasteiger partial charge is 0.257 e. The Morgan fingerprint density at radius 3 is 2.88 bits per heavy atom. The molecule has 3 rings (SSSR count). The van der Waals surface area contributed by atoms with E-state index in [0.29, 0.717) is 5.92 Å². The SMILES string of the molecule is CCCn1nc(C)c(C(=O)N2CCC[C@H](Cc3ccccn3)C2)c1C. The Kier molecular flexibility index (Phi) is 5.51. The molecule has 0 bridgehead atoms. The maximum atomic E-state index is 13.1. The van der Waals surface area contributed by atoms with Gasteiger partial charge in [-0.15, -0.1) is 0 Å². The van der Waals surface area contributed by atoms with Crippen LogP contribution in [0.5, 0.6) is 0 Å². The van der Waals surface area contributed by atoms with Crippen LogP contribution in [0.15, 0.2) is 24.4 Å². The molecule has 2 aromatic heterocycles. The summed E-state index contributed by atoms with van der Waals surface area (Å²) in [7, 11) is 0. The van der Waals surface area contributed by atoms with E-state index in [9.17, 15) is 4.79 Å². The molecule has 0 radical (unpaired) electrons. The average Bonchev–Trinajstić information content (AvgIpc) is 2.89. The molecule has 1 aliphatic heterocycles. The van der Waals surface area contributed by atoms with Crippen LogP contribution in [0.2, 0.25) is 0 Å². The zero-order valence-corrected chi connectivity index (χ0v) is 15.5. The molecule has 0 saturated carbocycles. The Morgan fingerprint density at radius 2 is 2.16 bits per heavy atom. The van der Waals surface area contributed by atoms with Gasteiger partial charge in [-0.2, -0.15) is 5.10 Å². The van der Waals surface area contributed by atoms with Gasteiger partial charge in [0.1, 0.15) is 0 Å². The van der Waals surface area contributed by atoms with E-state index in [2.05, 4.69) is 23.1 Å². The van der Waals surface area contributed by atoms with Gasteiger partial charge in [0.15, 0.2) is 0 Å². The zero-order chi connectivity index (χ0) is 17.8. The molecule has 1 saturated heterocycles. The molecule has 5 heteroatoms. The van der Waals surface area contributed by atoms with Crippen LogP contribution in [0.4, 0.5) is 0 Å². The van der Waals surface area contributed by atoms with Gasteiger partial charge in [0.05, 0.1) is 11.3 Å². The highest BCUT2D eigenvalue weighted by Gasteiger charge is 2.28. The quantitative estimate of drug-likeness (QED) is 0.838. The van der Waals surface area contributed by atoms with Crippen LogP contribution < -0.4 is 0 Å². The number of rotatable bonds is 5. The van der Waals surface area contributed by atoms with Gasteiger partial charge >= 0.3 is 0 Å². The summed E-state index contributed by atoms with van der Waals surface area (Å²) in [5.74, 6) is 0.627. The maximum absolute atomic E-state index is 13.1. The third-order valence-electron chi connectivity index (χ3n) is 5.06. The average molecular weight is 340 g/mol. The molecule has 3 heterocycles. The minimum atomic E-state index is 0.142. The Hall–Kier alpha value is -2.17. The van der Waals surface area contributed by atoms with E-state index in [1.54, 1.807) is 0 Å². The van der Waals surface area contributed by atoms with E-state index in [0.717, 1.165) is 68.0 Å². The van der Waals surface area contributed by atoms with Crippen LogP contribution in [0.3, 0.4) is 0 Å². The van der Waals surface area contributed by atoms with Crippen molar-refractivity contribution in [3.63, 3.8) is 0 Å². The first-order valence-electron chi connectivity index (χ1n) is 9.33. The van der Waals surface area contributed by atoms with Gasteiger partial charge in [0, 0.05) is 37.2 Å². The van der Waals surface area contributed by atoms with Crippen molar-refractivity contribution >= 4 is 5.91 Å². The van der Waals surface area contributed by atoms with Crippen molar-refractivity contribution in [1.82, 2.24) is 19.7 Å². The van der Waals surface area contributed by atoms with Crippen molar-refractivity contribution in [3.05, 3.63) is 47.0 Å². The summed E-state index contributed by atoms with van der Waals surface area (Å²) in [6.45, 7) is 8.61. The first-order valence-corrected chi connectivity index (χ1v) is 9.33. The van der Waals surface area contributed by atoms with Gasteiger partial charge in [-0.3, -0.25) is 14.5 Å². The van der Waals surface area contributed by atoms with Crippen LogP contribution in [0.25, 0.3) is 0 Å². The van der Waals surface area contributed by atoms with Crippen LogP contribution in [0.1, 0.15) is 53.6 Å². The topological polar surface area (TPSA) is 51.0 Å². The predicted octanol–water partition coefficient (Wildman–Crippen LogP) is 3.40. The molecule has 0 unspecified atom stereocenters. The van der Waals surface area contributed by atoms with Crippen molar-refractivity contribution in [3.8, 4) is 0 Å².